The summed E-state index contributed by atoms with van der Waals surface area (Å²) >= 11 is 0. The second-order valence-corrected chi connectivity index (χ2v) is 7.34. The molecule has 3 heteroatoms. The maximum absolute atomic E-state index is 13.7. The van der Waals surface area contributed by atoms with Crippen LogP contribution in [-0.4, -0.2) is 13.0 Å². The van der Waals surface area contributed by atoms with Crippen molar-refractivity contribution >= 4 is 12.0 Å². The summed E-state index contributed by atoms with van der Waals surface area (Å²) in [5.74, 6) is 1.95. The van der Waals surface area contributed by atoms with Crippen LogP contribution in [0.25, 0.3) is 6.08 Å². The molecule has 0 aliphatic heterocycles. The Morgan fingerprint density at radius 1 is 1.37 bits per heavy atom. The molecule has 1 aliphatic rings. The molecule has 1 aromatic rings. The van der Waals surface area contributed by atoms with E-state index in [0.717, 1.165) is 37.8 Å². The molecule has 1 fully saturated rings. The monoisotopic (exact) mass is 367 g/mol. The number of halogens is 1. The molecular weight excluding hydrogens is 337 g/mol. The van der Waals surface area contributed by atoms with Crippen molar-refractivity contribution in [3.8, 4) is 0 Å². The van der Waals surface area contributed by atoms with E-state index < -0.39 is 0 Å². The molecule has 2 nitrogen and oxygen atoms in total. The van der Waals surface area contributed by atoms with Crippen LogP contribution in [0, 0.1) is 11.7 Å². The molecule has 1 aromatic carbocycles. The maximum atomic E-state index is 13.7. The molecule has 1 unspecified atom stereocenters. The average molecular weight is 368 g/mol. The maximum Gasteiger partial charge on any atom is 0.130 e. The summed E-state index contributed by atoms with van der Waals surface area (Å²) in [5.41, 5.74) is 3.03. The summed E-state index contributed by atoms with van der Waals surface area (Å²) in [4.78, 5) is 10.3. The van der Waals surface area contributed by atoms with Gasteiger partial charge >= 0.3 is 0 Å². The molecule has 1 atom stereocenters. The van der Waals surface area contributed by atoms with E-state index in [0.29, 0.717) is 11.5 Å². The Bertz CT molecular complexity index is 739. The quantitative estimate of drug-likeness (QED) is 0.377. The fourth-order valence-corrected chi connectivity index (χ4v) is 3.58. The summed E-state index contributed by atoms with van der Waals surface area (Å²) in [5, 5.41) is 3.12. The van der Waals surface area contributed by atoms with E-state index in [1.807, 2.05) is 25.1 Å². The second-order valence-electron chi connectivity index (χ2n) is 7.34. The third kappa shape index (κ3) is 5.80. The highest BCUT2D eigenvalue weighted by atomic mass is 19.1. The smallest absolute Gasteiger partial charge is 0.130 e. The first-order chi connectivity index (χ1) is 13.1. The Morgan fingerprint density at radius 2 is 2.15 bits per heavy atom. The number of carbonyl (C=O) groups excluding carboxylic acids is 1. The van der Waals surface area contributed by atoms with Gasteiger partial charge in [-0.1, -0.05) is 37.5 Å². The van der Waals surface area contributed by atoms with Crippen molar-refractivity contribution in [1.82, 2.24) is 5.32 Å². The van der Waals surface area contributed by atoms with Gasteiger partial charge in [0.15, 0.2) is 0 Å². The molecule has 1 saturated carbocycles. The zero-order valence-electron chi connectivity index (χ0n) is 16.3. The fraction of sp³-hybridized carbons (Fsp3) is 0.417. The number of rotatable bonds is 12. The summed E-state index contributed by atoms with van der Waals surface area (Å²) in [6.07, 6.45) is 14.5. The molecule has 1 aliphatic carbocycles. The Kier molecular flexibility index (Phi) is 7.82. The van der Waals surface area contributed by atoms with Gasteiger partial charge in [0.2, 0.25) is 0 Å². The molecule has 27 heavy (non-hydrogen) atoms. The molecule has 0 saturated heterocycles. The molecule has 2 rings (SSSR count). The van der Waals surface area contributed by atoms with Gasteiger partial charge in [0.1, 0.15) is 11.8 Å². The highest BCUT2D eigenvalue weighted by molar-refractivity contribution is 5.51. The first kappa shape index (κ1) is 20.9. The lowest BCUT2D eigenvalue weighted by atomic mass is 9.89. The van der Waals surface area contributed by atoms with Gasteiger partial charge < -0.3 is 5.32 Å². The first-order valence-corrected chi connectivity index (χ1v) is 9.69. The Hall–Kier alpha value is -2.38. The lowest BCUT2D eigenvalue weighted by molar-refractivity contribution is 0.540. The summed E-state index contributed by atoms with van der Waals surface area (Å²) in [6, 6.07) is 5.43. The fourth-order valence-electron chi connectivity index (χ4n) is 3.58. The molecule has 0 bridgehead atoms. The van der Waals surface area contributed by atoms with Crippen LogP contribution >= 0.6 is 0 Å². The van der Waals surface area contributed by atoms with Gasteiger partial charge in [-0.25, -0.2) is 9.18 Å². The van der Waals surface area contributed by atoms with Gasteiger partial charge in [-0.15, -0.1) is 0 Å². The van der Waals surface area contributed by atoms with Crippen LogP contribution in [0.1, 0.15) is 56.1 Å². The van der Waals surface area contributed by atoms with Crippen LogP contribution in [0.2, 0.25) is 0 Å². The lowest BCUT2D eigenvalue weighted by Crippen LogP contribution is -2.14. The summed E-state index contributed by atoms with van der Waals surface area (Å²) < 4.78 is 13.7. The van der Waals surface area contributed by atoms with E-state index in [4.69, 9.17) is 0 Å². The average Bonchev–Trinajstić information content (AvgIpc) is 3.47. The normalized spacial score (nSPS) is 15.8. The predicted octanol–water partition coefficient (Wildman–Crippen LogP) is 5.74. The van der Waals surface area contributed by atoms with Gasteiger partial charge in [0.05, 0.1) is 0 Å². The second kappa shape index (κ2) is 10.1. The van der Waals surface area contributed by atoms with E-state index in [2.05, 4.69) is 30.6 Å². The van der Waals surface area contributed by atoms with Gasteiger partial charge in [-0.2, -0.15) is 0 Å². The third-order valence-corrected chi connectivity index (χ3v) is 5.62. The molecule has 0 spiro atoms. The SMILES string of the molecule is C=Cc1cc(C2(CC/C=C/CC(CCC=C=O)C(=C)NC)CC2)ccc1F. The van der Waals surface area contributed by atoms with Gasteiger partial charge in [0, 0.05) is 24.2 Å². The third-order valence-electron chi connectivity index (χ3n) is 5.62. The van der Waals surface area contributed by atoms with E-state index in [9.17, 15) is 9.18 Å². The van der Waals surface area contributed by atoms with Crippen LogP contribution < -0.4 is 5.32 Å². The zero-order chi connectivity index (χ0) is 19.7. The van der Waals surface area contributed by atoms with Crippen LogP contribution in [-0.2, 0) is 10.2 Å². The van der Waals surface area contributed by atoms with Gasteiger partial charge in [-0.3, -0.25) is 0 Å². The molecular formula is C24H30FNO. The minimum atomic E-state index is -0.204. The van der Waals surface area contributed by atoms with Crippen molar-refractivity contribution in [2.75, 3.05) is 7.05 Å². The zero-order valence-corrected chi connectivity index (χ0v) is 16.3. The molecule has 0 amide bonds. The van der Waals surface area contributed by atoms with Crippen molar-refractivity contribution in [3.63, 3.8) is 0 Å². The van der Waals surface area contributed by atoms with Gasteiger partial charge in [0.25, 0.3) is 0 Å². The highest BCUT2D eigenvalue weighted by Gasteiger charge is 2.43. The summed E-state index contributed by atoms with van der Waals surface area (Å²) in [7, 11) is 1.88. The standard InChI is InChI=1S/C24H30FNO/c1-4-20-18-22(12-13-23(20)25)24(15-16-24)14-8-5-6-10-21(19(2)26-3)11-7-9-17-27/h4-6,9,12-13,18,21,26H,1-2,7-8,10-11,14-16H2,3H3/b6-5+. The van der Waals surface area contributed by atoms with Crippen LogP contribution in [0.4, 0.5) is 4.39 Å². The molecule has 1 N–H and O–H groups in total. The Labute approximate surface area is 162 Å². The topological polar surface area (TPSA) is 29.1 Å². The van der Waals surface area contributed by atoms with Crippen LogP contribution in [0.5, 0.6) is 0 Å². The first-order valence-electron chi connectivity index (χ1n) is 9.69. The largest absolute Gasteiger partial charge is 0.392 e. The van der Waals surface area contributed by atoms with Crippen molar-refractivity contribution < 1.29 is 9.18 Å². The number of hydrogen-bond donors (Lipinski definition) is 1. The predicted molar refractivity (Wildman–Crippen MR) is 112 cm³/mol. The van der Waals surface area contributed by atoms with Crippen molar-refractivity contribution in [2.45, 2.75) is 50.4 Å². The van der Waals surface area contributed by atoms with E-state index in [1.165, 1.54) is 24.5 Å². The molecule has 0 heterocycles. The lowest BCUT2D eigenvalue weighted by Gasteiger charge is -2.17. The van der Waals surface area contributed by atoms with Crippen molar-refractivity contribution in [2.24, 2.45) is 5.92 Å². The summed E-state index contributed by atoms with van der Waals surface area (Å²) in [6.45, 7) is 7.77. The Balaban J connectivity index is 1.88. The van der Waals surface area contributed by atoms with Crippen LogP contribution in [0.15, 0.2) is 55.3 Å². The number of allylic oxidation sites excluding steroid dienone is 4. The molecule has 0 radical (unpaired) electrons. The number of benzene rings is 1. The van der Waals surface area contributed by atoms with E-state index >= 15 is 0 Å². The number of hydrogen-bond acceptors (Lipinski definition) is 2. The van der Waals surface area contributed by atoms with Crippen molar-refractivity contribution in [3.05, 3.63) is 72.2 Å². The number of nitrogens with one attached hydrogen (secondary N) is 1. The van der Waals surface area contributed by atoms with Crippen molar-refractivity contribution in [1.29, 1.82) is 0 Å². The highest BCUT2D eigenvalue weighted by Crippen LogP contribution is 2.52. The van der Waals surface area contributed by atoms with E-state index in [-0.39, 0.29) is 11.2 Å². The molecule has 0 aromatic heterocycles. The molecule has 144 valence electrons. The minimum Gasteiger partial charge on any atom is -0.392 e. The van der Waals surface area contributed by atoms with Gasteiger partial charge in [-0.05, 0) is 74.1 Å². The Morgan fingerprint density at radius 3 is 2.78 bits per heavy atom. The van der Waals surface area contributed by atoms with Crippen LogP contribution in [0.3, 0.4) is 0 Å². The minimum absolute atomic E-state index is 0.204. The van der Waals surface area contributed by atoms with E-state index in [1.54, 1.807) is 12.1 Å².